The van der Waals surface area contributed by atoms with Gasteiger partial charge in [0.05, 0.1) is 18.0 Å². The summed E-state index contributed by atoms with van der Waals surface area (Å²) in [5.74, 6) is 0. The molecule has 5 N–H and O–H groups in total. The normalized spacial score (nSPS) is 10.1. The molecule has 0 heterocycles. The molecular formula is C10H17N3O. The number of aliphatic hydroxyl groups excluding tert-OH is 1. The van der Waals surface area contributed by atoms with Gasteiger partial charge in [-0.15, -0.1) is 0 Å². The Labute approximate surface area is 84.1 Å². The van der Waals surface area contributed by atoms with Gasteiger partial charge in [0.2, 0.25) is 0 Å². The van der Waals surface area contributed by atoms with Crippen LogP contribution in [0.1, 0.15) is 6.92 Å². The predicted octanol–water partition coefficient (Wildman–Crippen LogP) is 0.670. The number of hydrogen-bond acceptors (Lipinski definition) is 4. The minimum atomic E-state index is 0.137. The van der Waals surface area contributed by atoms with Crippen molar-refractivity contribution < 1.29 is 5.11 Å². The van der Waals surface area contributed by atoms with Gasteiger partial charge in [0.15, 0.2) is 0 Å². The number of likely N-dealkylation sites (N-methyl/N-ethyl adjacent to an activating group) is 1. The Kier molecular flexibility index (Phi) is 3.59. The second kappa shape index (κ2) is 4.72. The summed E-state index contributed by atoms with van der Waals surface area (Å²) in [4.78, 5) is 2.04. The molecule has 0 aromatic heterocycles. The Morgan fingerprint density at radius 1 is 1.29 bits per heavy atom. The highest BCUT2D eigenvalue weighted by Gasteiger charge is 2.04. The average molecular weight is 195 g/mol. The average Bonchev–Trinajstić information content (AvgIpc) is 2.19. The third-order valence-electron chi connectivity index (χ3n) is 2.19. The van der Waals surface area contributed by atoms with Gasteiger partial charge in [0.25, 0.3) is 0 Å². The zero-order valence-electron chi connectivity index (χ0n) is 8.40. The van der Waals surface area contributed by atoms with E-state index in [1.807, 2.05) is 24.0 Å². The summed E-state index contributed by atoms with van der Waals surface area (Å²) < 4.78 is 0. The van der Waals surface area contributed by atoms with E-state index in [2.05, 4.69) is 0 Å². The summed E-state index contributed by atoms with van der Waals surface area (Å²) in [5.41, 5.74) is 13.5. The number of hydrogen-bond donors (Lipinski definition) is 3. The Hall–Kier alpha value is -1.42. The van der Waals surface area contributed by atoms with Crippen LogP contribution in [0.3, 0.4) is 0 Å². The van der Waals surface area contributed by atoms with Crippen LogP contribution in [-0.4, -0.2) is 24.8 Å². The highest BCUT2D eigenvalue weighted by molar-refractivity contribution is 5.69. The topological polar surface area (TPSA) is 75.5 Å². The number of nitrogens with zero attached hydrogens (tertiary/aromatic N) is 1. The molecule has 78 valence electrons. The fourth-order valence-electron chi connectivity index (χ4n) is 1.35. The first-order valence-corrected chi connectivity index (χ1v) is 4.69. The van der Waals surface area contributed by atoms with Gasteiger partial charge in [-0.25, -0.2) is 0 Å². The molecule has 0 aliphatic heterocycles. The van der Waals surface area contributed by atoms with E-state index >= 15 is 0 Å². The molecule has 4 nitrogen and oxygen atoms in total. The lowest BCUT2D eigenvalue weighted by atomic mass is 10.2. The van der Waals surface area contributed by atoms with Gasteiger partial charge >= 0.3 is 0 Å². The van der Waals surface area contributed by atoms with Crippen LogP contribution >= 0.6 is 0 Å². The SMILES string of the molecule is CCN(CCO)c1ccc(N)c(N)c1. The lowest BCUT2D eigenvalue weighted by molar-refractivity contribution is 0.302. The van der Waals surface area contributed by atoms with Crippen LogP contribution < -0.4 is 16.4 Å². The molecule has 1 aromatic rings. The van der Waals surface area contributed by atoms with Crippen LogP contribution in [0.25, 0.3) is 0 Å². The van der Waals surface area contributed by atoms with E-state index in [-0.39, 0.29) is 6.61 Å². The smallest absolute Gasteiger partial charge is 0.0606 e. The molecule has 0 fully saturated rings. The summed E-state index contributed by atoms with van der Waals surface area (Å²) in [6.45, 7) is 3.62. The summed E-state index contributed by atoms with van der Waals surface area (Å²) in [5, 5.41) is 8.86. The number of nitrogen functional groups attached to an aromatic ring is 2. The van der Waals surface area contributed by atoms with Crippen LogP contribution in [0.15, 0.2) is 18.2 Å². The molecule has 0 saturated carbocycles. The molecule has 4 heteroatoms. The zero-order chi connectivity index (χ0) is 10.6. The van der Waals surface area contributed by atoms with Crippen molar-refractivity contribution in [3.8, 4) is 0 Å². The second-order valence-corrected chi connectivity index (χ2v) is 3.12. The Morgan fingerprint density at radius 2 is 2.00 bits per heavy atom. The van der Waals surface area contributed by atoms with E-state index < -0.39 is 0 Å². The quantitative estimate of drug-likeness (QED) is 0.617. The maximum absolute atomic E-state index is 8.86. The van der Waals surface area contributed by atoms with Crippen molar-refractivity contribution in [3.63, 3.8) is 0 Å². The van der Waals surface area contributed by atoms with Crippen molar-refractivity contribution in [3.05, 3.63) is 18.2 Å². The first-order valence-electron chi connectivity index (χ1n) is 4.69. The van der Waals surface area contributed by atoms with E-state index in [0.717, 1.165) is 12.2 Å². The zero-order valence-corrected chi connectivity index (χ0v) is 8.40. The fourth-order valence-corrected chi connectivity index (χ4v) is 1.35. The van der Waals surface area contributed by atoms with E-state index in [1.165, 1.54) is 0 Å². The monoisotopic (exact) mass is 195 g/mol. The van der Waals surface area contributed by atoms with Gasteiger partial charge in [-0.3, -0.25) is 0 Å². The fraction of sp³-hybridized carbons (Fsp3) is 0.400. The maximum atomic E-state index is 8.86. The summed E-state index contributed by atoms with van der Waals surface area (Å²) in [6.07, 6.45) is 0. The van der Waals surface area contributed by atoms with Crippen molar-refractivity contribution in [2.24, 2.45) is 0 Å². The van der Waals surface area contributed by atoms with E-state index in [0.29, 0.717) is 17.9 Å². The van der Waals surface area contributed by atoms with Crippen LogP contribution in [0.4, 0.5) is 17.1 Å². The van der Waals surface area contributed by atoms with Gasteiger partial charge in [-0.05, 0) is 25.1 Å². The largest absolute Gasteiger partial charge is 0.397 e. The van der Waals surface area contributed by atoms with Crippen molar-refractivity contribution in [1.82, 2.24) is 0 Å². The molecule has 0 bridgehead atoms. The Bertz CT molecular complexity index is 301. The van der Waals surface area contributed by atoms with Gasteiger partial charge < -0.3 is 21.5 Å². The number of rotatable bonds is 4. The molecule has 14 heavy (non-hydrogen) atoms. The lowest BCUT2D eigenvalue weighted by Gasteiger charge is -2.22. The lowest BCUT2D eigenvalue weighted by Crippen LogP contribution is -2.26. The molecule has 0 aliphatic carbocycles. The molecule has 0 amide bonds. The summed E-state index contributed by atoms with van der Waals surface area (Å²) in [7, 11) is 0. The molecule has 0 radical (unpaired) electrons. The number of nitrogens with two attached hydrogens (primary N) is 2. The molecule has 0 unspecified atom stereocenters. The van der Waals surface area contributed by atoms with E-state index in [1.54, 1.807) is 6.07 Å². The minimum absolute atomic E-state index is 0.137. The molecule has 0 aliphatic rings. The van der Waals surface area contributed by atoms with Crippen LogP contribution in [0.2, 0.25) is 0 Å². The molecular weight excluding hydrogens is 178 g/mol. The van der Waals surface area contributed by atoms with Crippen molar-refractivity contribution >= 4 is 17.1 Å². The predicted molar refractivity (Wildman–Crippen MR) is 60.2 cm³/mol. The van der Waals surface area contributed by atoms with Crippen LogP contribution in [0.5, 0.6) is 0 Å². The first-order chi connectivity index (χ1) is 6.69. The van der Waals surface area contributed by atoms with Crippen molar-refractivity contribution in [2.45, 2.75) is 6.92 Å². The Balaban J connectivity index is 2.88. The number of benzene rings is 1. The van der Waals surface area contributed by atoms with Crippen molar-refractivity contribution in [2.75, 3.05) is 36.1 Å². The molecule has 0 spiro atoms. The van der Waals surface area contributed by atoms with E-state index in [9.17, 15) is 0 Å². The van der Waals surface area contributed by atoms with Crippen LogP contribution in [-0.2, 0) is 0 Å². The second-order valence-electron chi connectivity index (χ2n) is 3.12. The van der Waals surface area contributed by atoms with Gasteiger partial charge in [0.1, 0.15) is 0 Å². The molecule has 0 saturated heterocycles. The highest BCUT2D eigenvalue weighted by atomic mass is 16.3. The van der Waals surface area contributed by atoms with Gasteiger partial charge in [-0.2, -0.15) is 0 Å². The summed E-state index contributed by atoms with van der Waals surface area (Å²) >= 11 is 0. The van der Waals surface area contributed by atoms with E-state index in [4.69, 9.17) is 16.6 Å². The Morgan fingerprint density at radius 3 is 2.50 bits per heavy atom. The maximum Gasteiger partial charge on any atom is 0.0606 e. The van der Waals surface area contributed by atoms with Gasteiger partial charge in [-0.1, -0.05) is 0 Å². The summed E-state index contributed by atoms with van der Waals surface area (Å²) in [6, 6.07) is 5.52. The third-order valence-corrected chi connectivity index (χ3v) is 2.19. The first kappa shape index (κ1) is 10.7. The molecule has 0 atom stereocenters. The standard InChI is InChI=1S/C10H17N3O/c1-2-13(5-6-14)8-3-4-9(11)10(12)7-8/h3-4,7,14H,2,5-6,11-12H2,1H3. The molecule has 1 aromatic carbocycles. The molecule has 1 rings (SSSR count). The minimum Gasteiger partial charge on any atom is -0.397 e. The van der Waals surface area contributed by atoms with Gasteiger partial charge in [0, 0.05) is 18.8 Å². The third kappa shape index (κ3) is 2.29. The number of aliphatic hydroxyl groups is 1. The highest BCUT2D eigenvalue weighted by Crippen LogP contribution is 2.22. The van der Waals surface area contributed by atoms with Crippen molar-refractivity contribution in [1.29, 1.82) is 0 Å². The van der Waals surface area contributed by atoms with Crippen LogP contribution in [0, 0.1) is 0 Å². The number of anilines is 3.